The van der Waals surface area contributed by atoms with Crippen molar-refractivity contribution in [3.63, 3.8) is 0 Å². The van der Waals surface area contributed by atoms with E-state index in [-0.39, 0.29) is 12.5 Å². The van der Waals surface area contributed by atoms with Gasteiger partial charge in [0.1, 0.15) is 11.8 Å². The zero-order chi connectivity index (χ0) is 14.8. The molecule has 0 aromatic rings. The highest BCUT2D eigenvalue weighted by atomic mass is 16.6. The fraction of sp³-hybridized carbons (Fsp3) is 0.846. The van der Waals surface area contributed by atoms with Crippen LogP contribution in [0.15, 0.2) is 0 Å². The molecule has 0 saturated carbocycles. The average molecular weight is 273 g/mol. The van der Waals surface area contributed by atoms with Crippen LogP contribution in [0.1, 0.15) is 34.6 Å². The number of carbonyl (C=O) groups excluding carboxylic acids is 2. The Balaban J connectivity index is 2.92. The molecule has 19 heavy (non-hydrogen) atoms. The number of methoxy groups -OCH3 is 1. The normalized spacial score (nSPS) is 23.6. The highest BCUT2D eigenvalue weighted by molar-refractivity contribution is 5.82. The number of hydrogen-bond acceptors (Lipinski definition) is 5. The molecule has 0 bridgehead atoms. The summed E-state index contributed by atoms with van der Waals surface area (Å²) >= 11 is 0. The van der Waals surface area contributed by atoms with Crippen LogP contribution >= 0.6 is 0 Å². The lowest BCUT2D eigenvalue weighted by molar-refractivity contribution is -0.145. The summed E-state index contributed by atoms with van der Waals surface area (Å²) in [5.74, 6) is -0.434. The first-order valence-corrected chi connectivity index (χ1v) is 6.38. The zero-order valence-corrected chi connectivity index (χ0v) is 12.4. The molecule has 1 amide bonds. The fourth-order valence-corrected chi connectivity index (χ4v) is 1.90. The molecule has 0 spiro atoms. The molecule has 0 N–H and O–H groups in total. The Labute approximate surface area is 114 Å². The van der Waals surface area contributed by atoms with Crippen LogP contribution < -0.4 is 0 Å². The van der Waals surface area contributed by atoms with Crippen LogP contribution in [0.5, 0.6) is 0 Å². The van der Waals surface area contributed by atoms with Crippen LogP contribution in [0.3, 0.4) is 0 Å². The van der Waals surface area contributed by atoms with Crippen LogP contribution in [-0.2, 0) is 19.0 Å². The highest BCUT2D eigenvalue weighted by Crippen LogP contribution is 2.26. The fourth-order valence-electron chi connectivity index (χ4n) is 1.90. The van der Waals surface area contributed by atoms with Gasteiger partial charge in [-0.1, -0.05) is 13.8 Å². The van der Waals surface area contributed by atoms with Crippen molar-refractivity contribution in [3.05, 3.63) is 0 Å². The van der Waals surface area contributed by atoms with Gasteiger partial charge in [0.2, 0.25) is 0 Å². The molecule has 0 aromatic heterocycles. The molecule has 110 valence electrons. The zero-order valence-electron chi connectivity index (χ0n) is 12.4. The van der Waals surface area contributed by atoms with Gasteiger partial charge in [-0.15, -0.1) is 0 Å². The lowest BCUT2D eigenvalue weighted by atomic mass is 10.1. The Morgan fingerprint density at radius 1 is 1.32 bits per heavy atom. The summed E-state index contributed by atoms with van der Waals surface area (Å²) in [7, 11) is 1.29. The predicted octanol–water partition coefficient (Wildman–Crippen LogP) is 1.78. The molecular formula is C13H23NO5. The lowest BCUT2D eigenvalue weighted by Gasteiger charge is -2.31. The molecule has 1 aliphatic rings. The Kier molecular flexibility index (Phi) is 4.79. The van der Waals surface area contributed by atoms with E-state index in [1.54, 1.807) is 20.8 Å². The van der Waals surface area contributed by atoms with Gasteiger partial charge in [-0.2, -0.15) is 0 Å². The van der Waals surface area contributed by atoms with Gasteiger partial charge in [-0.25, -0.2) is 9.59 Å². The summed E-state index contributed by atoms with van der Waals surface area (Å²) in [6.45, 7) is 9.30. The van der Waals surface area contributed by atoms with Gasteiger partial charge in [0.25, 0.3) is 0 Å². The third kappa shape index (κ3) is 3.83. The molecule has 0 radical (unpaired) electrons. The summed E-state index contributed by atoms with van der Waals surface area (Å²) in [6.07, 6.45) is -1.03. The highest BCUT2D eigenvalue weighted by Gasteiger charge is 2.45. The van der Waals surface area contributed by atoms with Crippen molar-refractivity contribution in [3.8, 4) is 0 Å². The average Bonchev–Trinajstić information content (AvgIpc) is 2.70. The SMILES string of the molecule is COC(=O)[C@H]1CO[C@@H](C(C)C)N1C(=O)OC(C)(C)C. The molecule has 2 atom stereocenters. The Morgan fingerprint density at radius 2 is 1.89 bits per heavy atom. The first kappa shape index (κ1) is 15.8. The van der Waals surface area contributed by atoms with Crippen molar-refractivity contribution >= 4 is 12.1 Å². The van der Waals surface area contributed by atoms with E-state index in [1.165, 1.54) is 12.0 Å². The maximum absolute atomic E-state index is 12.2. The van der Waals surface area contributed by atoms with Crippen molar-refractivity contribution in [2.45, 2.75) is 52.5 Å². The molecule has 1 saturated heterocycles. The summed E-state index contributed by atoms with van der Waals surface area (Å²) in [6, 6.07) is -0.743. The minimum Gasteiger partial charge on any atom is -0.467 e. The van der Waals surface area contributed by atoms with Crippen LogP contribution in [0.4, 0.5) is 4.79 Å². The van der Waals surface area contributed by atoms with E-state index in [1.807, 2.05) is 13.8 Å². The summed E-state index contributed by atoms with van der Waals surface area (Å²) in [4.78, 5) is 25.3. The predicted molar refractivity (Wildman–Crippen MR) is 68.5 cm³/mol. The van der Waals surface area contributed by atoms with Crippen LogP contribution in [0.25, 0.3) is 0 Å². The number of nitrogens with zero attached hydrogens (tertiary/aromatic N) is 1. The molecule has 6 heteroatoms. The summed E-state index contributed by atoms with van der Waals surface area (Å²) in [5.41, 5.74) is -0.623. The first-order chi connectivity index (χ1) is 8.67. The first-order valence-electron chi connectivity index (χ1n) is 6.38. The lowest BCUT2D eigenvalue weighted by Crippen LogP contribution is -2.49. The molecule has 0 unspecified atom stereocenters. The molecule has 0 aromatic carbocycles. The Hall–Kier alpha value is -1.30. The van der Waals surface area contributed by atoms with E-state index in [9.17, 15) is 9.59 Å². The number of rotatable bonds is 2. The number of esters is 1. The van der Waals surface area contributed by atoms with E-state index in [4.69, 9.17) is 14.2 Å². The van der Waals surface area contributed by atoms with Gasteiger partial charge in [-0.3, -0.25) is 4.90 Å². The van der Waals surface area contributed by atoms with Crippen LogP contribution in [0, 0.1) is 5.92 Å². The molecule has 1 heterocycles. The summed E-state index contributed by atoms with van der Waals surface area (Å²) in [5, 5.41) is 0. The third-order valence-electron chi connectivity index (χ3n) is 2.68. The second-order valence-electron chi connectivity index (χ2n) is 5.89. The molecule has 0 aliphatic carbocycles. The van der Waals surface area contributed by atoms with Crippen LogP contribution in [0.2, 0.25) is 0 Å². The topological polar surface area (TPSA) is 65.1 Å². The van der Waals surface area contributed by atoms with Gasteiger partial charge in [0.15, 0.2) is 6.04 Å². The van der Waals surface area contributed by atoms with E-state index in [2.05, 4.69) is 0 Å². The van der Waals surface area contributed by atoms with Crippen molar-refractivity contribution in [2.75, 3.05) is 13.7 Å². The third-order valence-corrected chi connectivity index (χ3v) is 2.68. The Bertz CT molecular complexity index is 347. The van der Waals surface area contributed by atoms with E-state index in [0.29, 0.717) is 0 Å². The second kappa shape index (κ2) is 5.77. The van der Waals surface area contributed by atoms with Crippen LogP contribution in [-0.4, -0.2) is 48.5 Å². The van der Waals surface area contributed by atoms with E-state index < -0.39 is 29.9 Å². The van der Waals surface area contributed by atoms with Crippen molar-refractivity contribution in [1.82, 2.24) is 4.90 Å². The van der Waals surface area contributed by atoms with E-state index in [0.717, 1.165) is 0 Å². The van der Waals surface area contributed by atoms with Crippen molar-refractivity contribution in [2.24, 2.45) is 5.92 Å². The maximum atomic E-state index is 12.2. The van der Waals surface area contributed by atoms with Gasteiger partial charge >= 0.3 is 12.1 Å². The monoisotopic (exact) mass is 273 g/mol. The van der Waals surface area contributed by atoms with E-state index >= 15 is 0 Å². The minimum atomic E-state index is -0.743. The van der Waals surface area contributed by atoms with Gasteiger partial charge in [0, 0.05) is 0 Å². The number of amides is 1. The van der Waals surface area contributed by atoms with Gasteiger partial charge in [-0.05, 0) is 26.7 Å². The van der Waals surface area contributed by atoms with Crippen molar-refractivity contribution < 1.29 is 23.8 Å². The minimum absolute atomic E-state index is 0.0576. The number of hydrogen-bond donors (Lipinski definition) is 0. The van der Waals surface area contributed by atoms with Gasteiger partial charge in [0.05, 0.1) is 13.7 Å². The molecule has 1 fully saturated rings. The molecular weight excluding hydrogens is 250 g/mol. The largest absolute Gasteiger partial charge is 0.467 e. The molecule has 1 aliphatic heterocycles. The Morgan fingerprint density at radius 3 is 2.32 bits per heavy atom. The van der Waals surface area contributed by atoms with Crippen molar-refractivity contribution in [1.29, 1.82) is 0 Å². The van der Waals surface area contributed by atoms with Gasteiger partial charge < -0.3 is 14.2 Å². The molecule has 1 rings (SSSR count). The molecule has 6 nitrogen and oxygen atoms in total. The summed E-state index contributed by atoms with van der Waals surface area (Å²) < 4.78 is 15.6. The number of ether oxygens (including phenoxy) is 3. The second-order valence-corrected chi connectivity index (χ2v) is 5.89. The quantitative estimate of drug-likeness (QED) is 0.717. The standard InChI is InChI=1S/C13H23NO5/c1-8(2)10-14(12(16)19-13(3,4)5)9(7-18-10)11(15)17-6/h8-10H,7H2,1-6H3/t9-,10+/m1/s1. The smallest absolute Gasteiger partial charge is 0.413 e. The maximum Gasteiger partial charge on any atom is 0.413 e. The number of carbonyl (C=O) groups is 2.